The highest BCUT2D eigenvalue weighted by molar-refractivity contribution is 7.91. The maximum absolute atomic E-state index is 13.4. The Hall–Kier alpha value is -3.68. The first-order chi connectivity index (χ1) is 18.5. The van der Waals surface area contributed by atoms with Crippen LogP contribution >= 0.6 is 0 Å². The monoisotopic (exact) mass is 565 g/mol. The molecule has 1 aromatic rings. The molecule has 39 heavy (non-hydrogen) atoms. The second-order valence-electron chi connectivity index (χ2n) is 10.00. The summed E-state index contributed by atoms with van der Waals surface area (Å²) in [6, 6.07) is 3.60. The second kappa shape index (κ2) is 11.6. The third kappa shape index (κ3) is 6.85. The number of anilines is 1. The standard InChI is InChI=1S/C25H32FN5O7S/c26-17-10-12-18(13-11-17)29-39(36,37)30-23(34)25-15-16(25)7-4-2-1-3-5-9-20(38-24(27)35)22(33)31-14-6-8-19(31)21(32)28-25/h4,7,10-13,16,19-20,29H,1-3,5-6,8-9,14-15H2,(H2,27,35)(H,28,32)(H,30,34)/b7-4+. The molecule has 0 radical (unpaired) electrons. The fourth-order valence-electron chi connectivity index (χ4n) is 5.09. The Bertz CT molecular complexity index is 1260. The average Bonchev–Trinajstić information content (AvgIpc) is 3.33. The summed E-state index contributed by atoms with van der Waals surface area (Å²) in [7, 11) is -4.41. The number of carbonyl (C=O) groups excluding carboxylic acids is 4. The molecule has 212 valence electrons. The molecule has 12 nitrogen and oxygen atoms in total. The first-order valence-corrected chi connectivity index (χ1v) is 14.3. The minimum Gasteiger partial charge on any atom is -0.436 e. The second-order valence-corrected chi connectivity index (χ2v) is 11.4. The highest BCUT2D eigenvalue weighted by atomic mass is 32.2. The molecule has 2 aliphatic heterocycles. The average molecular weight is 566 g/mol. The third-order valence-corrected chi connectivity index (χ3v) is 8.13. The number of nitrogens with two attached hydrogens (primary N) is 1. The summed E-state index contributed by atoms with van der Waals surface area (Å²) >= 11 is 0. The number of halogens is 1. The van der Waals surface area contributed by atoms with Crippen molar-refractivity contribution in [2.75, 3.05) is 11.3 Å². The van der Waals surface area contributed by atoms with E-state index in [0.717, 1.165) is 25.0 Å². The summed E-state index contributed by atoms with van der Waals surface area (Å²) in [5.41, 5.74) is 3.68. The van der Waals surface area contributed by atoms with E-state index in [0.29, 0.717) is 25.7 Å². The minimum absolute atomic E-state index is 0.0420. The predicted molar refractivity (Wildman–Crippen MR) is 137 cm³/mol. The van der Waals surface area contributed by atoms with Crippen LogP contribution in [-0.4, -0.2) is 61.4 Å². The Morgan fingerprint density at radius 1 is 1.10 bits per heavy atom. The zero-order chi connectivity index (χ0) is 28.2. The molecule has 2 fully saturated rings. The smallest absolute Gasteiger partial charge is 0.405 e. The van der Waals surface area contributed by atoms with E-state index in [1.165, 1.54) is 17.0 Å². The van der Waals surface area contributed by atoms with Gasteiger partial charge >= 0.3 is 16.3 Å². The maximum Gasteiger partial charge on any atom is 0.405 e. The first kappa shape index (κ1) is 28.3. The van der Waals surface area contributed by atoms with Gasteiger partial charge in [0.25, 0.3) is 11.8 Å². The van der Waals surface area contributed by atoms with Crippen LogP contribution in [0, 0.1) is 11.7 Å². The number of hydrogen-bond donors (Lipinski definition) is 4. The van der Waals surface area contributed by atoms with Crippen LogP contribution in [0.3, 0.4) is 0 Å². The van der Waals surface area contributed by atoms with Crippen LogP contribution in [0.1, 0.15) is 51.4 Å². The molecule has 4 atom stereocenters. The molecular formula is C25H32FN5O7S. The predicted octanol–water partition coefficient (Wildman–Crippen LogP) is 1.45. The van der Waals surface area contributed by atoms with E-state index in [2.05, 4.69) is 10.0 Å². The van der Waals surface area contributed by atoms with Gasteiger partial charge in [0.1, 0.15) is 17.4 Å². The summed E-state index contributed by atoms with van der Waals surface area (Å²) < 4.78 is 47.7. The van der Waals surface area contributed by atoms with E-state index in [-0.39, 0.29) is 25.1 Å². The van der Waals surface area contributed by atoms with Gasteiger partial charge in [0.15, 0.2) is 6.10 Å². The van der Waals surface area contributed by atoms with Gasteiger partial charge in [0, 0.05) is 12.5 Å². The summed E-state index contributed by atoms with van der Waals surface area (Å²) in [6.45, 7) is 0.258. The molecule has 0 bridgehead atoms. The molecule has 1 saturated heterocycles. The van der Waals surface area contributed by atoms with Gasteiger partial charge in [0.05, 0.1) is 5.69 Å². The molecule has 4 amide bonds. The molecule has 2 heterocycles. The van der Waals surface area contributed by atoms with Crippen LogP contribution in [0.4, 0.5) is 14.9 Å². The number of carbonyl (C=O) groups is 4. The van der Waals surface area contributed by atoms with Crippen molar-refractivity contribution < 1.29 is 36.7 Å². The van der Waals surface area contributed by atoms with Crippen molar-refractivity contribution in [2.24, 2.45) is 11.7 Å². The Labute approximate surface area is 225 Å². The van der Waals surface area contributed by atoms with Crippen LogP contribution in [-0.2, 0) is 29.3 Å². The van der Waals surface area contributed by atoms with E-state index in [1.54, 1.807) is 6.08 Å². The van der Waals surface area contributed by atoms with Gasteiger partial charge in [-0.05, 0) is 69.2 Å². The summed E-state index contributed by atoms with van der Waals surface area (Å²) in [6.07, 6.45) is 5.53. The highest BCUT2D eigenvalue weighted by Gasteiger charge is 2.61. The number of amides is 4. The van der Waals surface area contributed by atoms with Crippen LogP contribution in [0.25, 0.3) is 0 Å². The zero-order valence-corrected chi connectivity index (χ0v) is 22.0. The van der Waals surface area contributed by atoms with Crippen molar-refractivity contribution in [1.29, 1.82) is 0 Å². The van der Waals surface area contributed by atoms with E-state index >= 15 is 0 Å². The summed E-state index contributed by atoms with van der Waals surface area (Å²) in [4.78, 5) is 52.7. The fourth-order valence-corrected chi connectivity index (χ4v) is 6.01. The quantitative estimate of drug-likeness (QED) is 0.390. The van der Waals surface area contributed by atoms with Gasteiger partial charge in [-0.25, -0.2) is 13.9 Å². The van der Waals surface area contributed by atoms with Crippen LogP contribution < -0.4 is 20.5 Å². The third-order valence-electron chi connectivity index (χ3n) is 7.17. The molecule has 3 aliphatic rings. The first-order valence-electron chi connectivity index (χ1n) is 12.9. The summed E-state index contributed by atoms with van der Waals surface area (Å²) in [5, 5.41) is 2.71. The number of primary amides is 1. The molecular weight excluding hydrogens is 533 g/mol. The minimum atomic E-state index is -4.41. The number of nitrogens with one attached hydrogen (secondary N) is 3. The zero-order valence-electron chi connectivity index (χ0n) is 21.2. The van der Waals surface area contributed by atoms with Gasteiger partial charge < -0.3 is 20.7 Å². The van der Waals surface area contributed by atoms with E-state index in [4.69, 9.17) is 10.5 Å². The van der Waals surface area contributed by atoms with Crippen LogP contribution in [0.5, 0.6) is 0 Å². The molecule has 4 unspecified atom stereocenters. The SMILES string of the molecule is NC(=O)OC1CCCCC/C=C/C2CC2(C(=O)NS(=O)(=O)Nc2ccc(F)cc2)NC(=O)C2CCCN2C1=O. The fraction of sp³-hybridized carbons (Fsp3) is 0.520. The lowest BCUT2D eigenvalue weighted by Crippen LogP contribution is -2.57. The number of nitrogens with zero attached hydrogens (tertiary/aromatic N) is 1. The van der Waals surface area contributed by atoms with Crippen molar-refractivity contribution in [3.8, 4) is 0 Å². The van der Waals surface area contributed by atoms with E-state index in [1.807, 2.05) is 10.8 Å². The van der Waals surface area contributed by atoms with Crippen LogP contribution in [0.2, 0.25) is 0 Å². The van der Waals surface area contributed by atoms with Crippen molar-refractivity contribution in [3.63, 3.8) is 0 Å². The lowest BCUT2D eigenvalue weighted by atomic mass is 10.1. The summed E-state index contributed by atoms with van der Waals surface area (Å²) in [5.74, 6) is -3.09. The number of benzene rings is 1. The highest BCUT2D eigenvalue weighted by Crippen LogP contribution is 2.45. The van der Waals surface area contributed by atoms with Gasteiger partial charge in [-0.2, -0.15) is 8.42 Å². The normalized spacial score (nSPS) is 28.5. The largest absolute Gasteiger partial charge is 0.436 e. The van der Waals surface area contributed by atoms with Gasteiger partial charge in [-0.3, -0.25) is 19.1 Å². The van der Waals surface area contributed by atoms with Crippen LogP contribution in [0.15, 0.2) is 36.4 Å². The van der Waals surface area contributed by atoms with E-state index in [9.17, 15) is 32.0 Å². The lowest BCUT2D eigenvalue weighted by Gasteiger charge is -2.29. The molecule has 1 saturated carbocycles. The van der Waals surface area contributed by atoms with Crippen molar-refractivity contribution >= 4 is 39.7 Å². The number of allylic oxidation sites excluding steroid dienone is 1. The maximum atomic E-state index is 13.4. The van der Waals surface area contributed by atoms with Crippen molar-refractivity contribution in [1.82, 2.24) is 14.9 Å². The molecule has 4 rings (SSSR count). The van der Waals surface area contributed by atoms with Gasteiger partial charge in [-0.15, -0.1) is 0 Å². The molecule has 0 spiro atoms. The lowest BCUT2D eigenvalue weighted by molar-refractivity contribution is -0.146. The number of hydrogen-bond acceptors (Lipinski definition) is 7. The van der Waals surface area contributed by atoms with Gasteiger partial charge in [0.2, 0.25) is 5.91 Å². The van der Waals surface area contributed by atoms with Crippen molar-refractivity contribution in [3.05, 3.63) is 42.2 Å². The number of rotatable bonds is 5. The van der Waals surface area contributed by atoms with E-state index < -0.39 is 63.4 Å². The molecule has 5 N–H and O–H groups in total. The number of fused-ring (bicyclic) bond motifs is 2. The van der Waals surface area contributed by atoms with Crippen molar-refractivity contribution in [2.45, 2.75) is 69.1 Å². The number of ether oxygens (including phenoxy) is 1. The Morgan fingerprint density at radius 3 is 2.56 bits per heavy atom. The molecule has 14 heteroatoms. The molecule has 1 aliphatic carbocycles. The topological polar surface area (TPSA) is 177 Å². The Kier molecular flexibility index (Phi) is 8.42. The Morgan fingerprint density at radius 2 is 1.85 bits per heavy atom. The molecule has 1 aromatic carbocycles. The molecule has 0 aromatic heterocycles. The van der Waals surface area contributed by atoms with Gasteiger partial charge in [-0.1, -0.05) is 18.6 Å². The Balaban J connectivity index is 1.54.